The van der Waals surface area contributed by atoms with Crippen molar-refractivity contribution in [2.24, 2.45) is 0 Å². The maximum Gasteiger partial charge on any atom is 0.256 e. The van der Waals surface area contributed by atoms with E-state index in [-0.39, 0.29) is 5.91 Å². The number of aromatic nitrogens is 1. The van der Waals surface area contributed by atoms with Crippen LogP contribution in [-0.4, -0.2) is 17.5 Å². The van der Waals surface area contributed by atoms with Crippen molar-refractivity contribution in [3.8, 4) is 16.3 Å². The van der Waals surface area contributed by atoms with E-state index in [0.717, 1.165) is 44.4 Å². The molecule has 0 saturated heterocycles. The van der Waals surface area contributed by atoms with Crippen LogP contribution in [-0.2, 0) is 0 Å². The van der Waals surface area contributed by atoms with Gasteiger partial charge in [-0.3, -0.25) is 4.79 Å². The first-order chi connectivity index (χ1) is 14.2. The Labute approximate surface area is 178 Å². The zero-order valence-electron chi connectivity index (χ0n) is 16.2. The number of nitrogens with one attached hydrogen (secondary N) is 1. The molecule has 0 spiro atoms. The number of carbonyl (C=O) groups excluding carboxylic acids is 1. The molecule has 29 heavy (non-hydrogen) atoms. The van der Waals surface area contributed by atoms with Gasteiger partial charge in [0, 0.05) is 11.1 Å². The summed E-state index contributed by atoms with van der Waals surface area (Å²) in [5, 5.41) is 6.74. The number of thiophene rings is 1. The second-order valence-corrected chi connectivity index (χ2v) is 8.63. The van der Waals surface area contributed by atoms with Gasteiger partial charge in [-0.2, -0.15) is 0 Å². The Balaban J connectivity index is 1.45. The standard InChI is InChI=1S/C23H22N2O2S2/c1-2-3-6-14-27-17-11-9-16(10-12-17)21(26)25-22-18(13-15-28-22)23-24-19-7-4-5-8-20(19)29-23/h4-5,7-13,15H,2-3,6,14H2,1H3,(H,25,26). The van der Waals surface area contributed by atoms with Crippen molar-refractivity contribution in [2.75, 3.05) is 11.9 Å². The van der Waals surface area contributed by atoms with Crippen LogP contribution < -0.4 is 10.1 Å². The minimum absolute atomic E-state index is 0.132. The number of amides is 1. The third kappa shape index (κ3) is 4.66. The first-order valence-electron chi connectivity index (χ1n) is 9.72. The largest absolute Gasteiger partial charge is 0.494 e. The van der Waals surface area contributed by atoms with E-state index in [9.17, 15) is 4.79 Å². The van der Waals surface area contributed by atoms with Crippen LogP contribution in [0.15, 0.2) is 60.0 Å². The molecular weight excluding hydrogens is 400 g/mol. The number of nitrogens with zero attached hydrogens (tertiary/aromatic N) is 1. The molecule has 2 heterocycles. The Morgan fingerprint density at radius 1 is 1.07 bits per heavy atom. The number of carbonyl (C=O) groups is 1. The molecule has 1 amide bonds. The zero-order valence-corrected chi connectivity index (χ0v) is 17.8. The summed E-state index contributed by atoms with van der Waals surface area (Å²) in [6.45, 7) is 2.88. The highest BCUT2D eigenvalue weighted by Gasteiger charge is 2.15. The maximum atomic E-state index is 12.7. The van der Waals surface area contributed by atoms with Crippen molar-refractivity contribution in [3.63, 3.8) is 0 Å². The van der Waals surface area contributed by atoms with Gasteiger partial charge in [0.15, 0.2) is 0 Å². The van der Waals surface area contributed by atoms with E-state index < -0.39 is 0 Å². The molecule has 0 unspecified atom stereocenters. The van der Waals surface area contributed by atoms with Gasteiger partial charge < -0.3 is 10.1 Å². The van der Waals surface area contributed by atoms with Crippen LogP contribution >= 0.6 is 22.7 Å². The van der Waals surface area contributed by atoms with Crippen molar-refractivity contribution in [1.82, 2.24) is 4.98 Å². The molecule has 1 N–H and O–H groups in total. The maximum absolute atomic E-state index is 12.7. The number of unbranched alkanes of at least 4 members (excludes halogenated alkanes) is 2. The lowest BCUT2D eigenvalue weighted by molar-refractivity contribution is 0.102. The Kier molecular flexibility index (Phi) is 6.22. The first kappa shape index (κ1) is 19.6. The summed E-state index contributed by atoms with van der Waals surface area (Å²) in [5.41, 5.74) is 2.54. The van der Waals surface area contributed by atoms with Gasteiger partial charge in [-0.05, 0) is 54.3 Å². The molecule has 0 aliphatic rings. The summed E-state index contributed by atoms with van der Waals surface area (Å²) in [6.07, 6.45) is 3.38. The summed E-state index contributed by atoms with van der Waals surface area (Å²) in [7, 11) is 0. The van der Waals surface area contributed by atoms with Gasteiger partial charge in [-0.25, -0.2) is 4.98 Å². The molecule has 6 heteroatoms. The molecule has 4 rings (SSSR count). The third-order valence-electron chi connectivity index (χ3n) is 4.55. The van der Waals surface area contributed by atoms with E-state index >= 15 is 0 Å². The molecule has 2 aromatic heterocycles. The Morgan fingerprint density at radius 3 is 2.69 bits per heavy atom. The average Bonchev–Trinajstić information content (AvgIpc) is 3.38. The van der Waals surface area contributed by atoms with Crippen LogP contribution in [0.3, 0.4) is 0 Å². The summed E-state index contributed by atoms with van der Waals surface area (Å²) in [4.78, 5) is 17.4. The van der Waals surface area contributed by atoms with Gasteiger partial charge in [-0.1, -0.05) is 31.9 Å². The van der Waals surface area contributed by atoms with E-state index in [0.29, 0.717) is 12.2 Å². The van der Waals surface area contributed by atoms with Crippen LogP contribution in [0.2, 0.25) is 0 Å². The summed E-state index contributed by atoms with van der Waals surface area (Å²) >= 11 is 3.14. The first-order valence-corrected chi connectivity index (χ1v) is 11.4. The number of fused-ring (bicyclic) bond motifs is 1. The summed E-state index contributed by atoms with van der Waals surface area (Å²) < 4.78 is 6.86. The smallest absolute Gasteiger partial charge is 0.256 e. The van der Waals surface area contributed by atoms with E-state index in [1.807, 2.05) is 41.8 Å². The number of rotatable bonds is 8. The minimum Gasteiger partial charge on any atom is -0.494 e. The molecule has 4 nitrogen and oxygen atoms in total. The molecule has 0 fully saturated rings. The predicted octanol–water partition coefficient (Wildman–Crippen LogP) is 6.85. The van der Waals surface area contributed by atoms with E-state index in [1.54, 1.807) is 23.5 Å². The fraction of sp³-hybridized carbons (Fsp3) is 0.217. The molecule has 0 aliphatic heterocycles. The van der Waals surface area contributed by atoms with Gasteiger partial charge in [0.25, 0.3) is 5.91 Å². The quantitative estimate of drug-likeness (QED) is 0.316. The molecule has 0 saturated carbocycles. The fourth-order valence-corrected chi connectivity index (χ4v) is 4.83. The van der Waals surface area contributed by atoms with Crippen LogP contribution in [0, 0.1) is 0 Å². The fourth-order valence-electron chi connectivity index (χ4n) is 2.98. The van der Waals surface area contributed by atoms with Crippen molar-refractivity contribution in [3.05, 3.63) is 65.5 Å². The van der Waals surface area contributed by atoms with Gasteiger partial charge in [0.1, 0.15) is 15.8 Å². The average molecular weight is 423 g/mol. The molecule has 148 valence electrons. The van der Waals surface area contributed by atoms with Crippen molar-refractivity contribution in [2.45, 2.75) is 26.2 Å². The van der Waals surface area contributed by atoms with Gasteiger partial charge in [-0.15, -0.1) is 22.7 Å². The Hall–Kier alpha value is -2.70. The SMILES string of the molecule is CCCCCOc1ccc(C(=O)Nc2sccc2-c2nc3ccccc3s2)cc1. The number of para-hydroxylation sites is 1. The number of hydrogen-bond acceptors (Lipinski definition) is 5. The molecule has 4 aromatic rings. The third-order valence-corrected chi connectivity index (χ3v) is 6.45. The van der Waals surface area contributed by atoms with Crippen LogP contribution in [0.4, 0.5) is 5.00 Å². The van der Waals surface area contributed by atoms with E-state index in [4.69, 9.17) is 9.72 Å². The van der Waals surface area contributed by atoms with Gasteiger partial charge >= 0.3 is 0 Å². The molecule has 0 bridgehead atoms. The second-order valence-electron chi connectivity index (χ2n) is 6.68. The molecular formula is C23H22N2O2S2. The normalized spacial score (nSPS) is 10.9. The van der Waals surface area contributed by atoms with Crippen molar-refractivity contribution >= 4 is 43.8 Å². The van der Waals surface area contributed by atoms with Crippen LogP contribution in [0.25, 0.3) is 20.8 Å². The lowest BCUT2D eigenvalue weighted by Gasteiger charge is -2.08. The highest BCUT2D eigenvalue weighted by atomic mass is 32.1. The Bertz CT molecular complexity index is 1070. The van der Waals surface area contributed by atoms with E-state index in [1.165, 1.54) is 17.8 Å². The minimum atomic E-state index is -0.132. The second kappa shape index (κ2) is 9.20. The summed E-state index contributed by atoms with van der Waals surface area (Å²) in [6, 6.07) is 17.4. The lowest BCUT2D eigenvalue weighted by Crippen LogP contribution is -2.11. The molecule has 2 aromatic carbocycles. The number of anilines is 1. The zero-order chi connectivity index (χ0) is 20.1. The van der Waals surface area contributed by atoms with Crippen molar-refractivity contribution in [1.29, 1.82) is 0 Å². The number of benzene rings is 2. The highest BCUT2D eigenvalue weighted by Crippen LogP contribution is 2.37. The monoisotopic (exact) mass is 422 g/mol. The topological polar surface area (TPSA) is 51.2 Å². The Morgan fingerprint density at radius 2 is 1.90 bits per heavy atom. The van der Waals surface area contributed by atoms with Crippen molar-refractivity contribution < 1.29 is 9.53 Å². The molecule has 0 aliphatic carbocycles. The van der Waals surface area contributed by atoms with E-state index in [2.05, 4.69) is 18.3 Å². The molecule has 0 radical (unpaired) electrons. The number of ether oxygens (including phenoxy) is 1. The predicted molar refractivity (Wildman–Crippen MR) is 122 cm³/mol. The number of hydrogen-bond donors (Lipinski definition) is 1. The van der Waals surface area contributed by atoms with Crippen LogP contribution in [0.5, 0.6) is 5.75 Å². The van der Waals surface area contributed by atoms with Gasteiger partial charge in [0.2, 0.25) is 0 Å². The number of thiazole rings is 1. The lowest BCUT2D eigenvalue weighted by atomic mass is 10.2. The van der Waals surface area contributed by atoms with Crippen LogP contribution in [0.1, 0.15) is 36.5 Å². The van der Waals surface area contributed by atoms with Gasteiger partial charge in [0.05, 0.1) is 16.8 Å². The highest BCUT2D eigenvalue weighted by molar-refractivity contribution is 7.22. The summed E-state index contributed by atoms with van der Waals surface area (Å²) in [5.74, 6) is 0.663. The molecule has 0 atom stereocenters.